The summed E-state index contributed by atoms with van der Waals surface area (Å²) < 4.78 is 0. The molecule has 0 heterocycles. The van der Waals surface area contributed by atoms with Crippen molar-refractivity contribution in [2.45, 2.75) is 84.5 Å². The average molecular weight is 288 g/mol. The van der Waals surface area contributed by atoms with Crippen LogP contribution in [0.1, 0.15) is 95.0 Å². The summed E-state index contributed by atoms with van der Waals surface area (Å²) in [5.74, 6) is 0.314. The Balaban J connectivity index is 2.43. The summed E-state index contributed by atoms with van der Waals surface area (Å²) in [4.78, 5) is 12.4. The lowest BCUT2D eigenvalue weighted by atomic mass is 9.82. The Kier molecular flexibility index (Phi) is 7.71. The lowest BCUT2D eigenvalue weighted by molar-refractivity contribution is 0.0977. The maximum atomic E-state index is 12.4. The smallest absolute Gasteiger partial charge is 0.163 e. The van der Waals surface area contributed by atoms with Gasteiger partial charge in [0.2, 0.25) is 0 Å². The van der Waals surface area contributed by atoms with Crippen molar-refractivity contribution in [3.05, 3.63) is 35.4 Å². The lowest BCUT2D eigenvalue weighted by Gasteiger charge is -2.22. The molecule has 0 atom stereocenters. The summed E-state index contributed by atoms with van der Waals surface area (Å²) in [5.41, 5.74) is 2.14. The van der Waals surface area contributed by atoms with Crippen molar-refractivity contribution in [2.75, 3.05) is 0 Å². The van der Waals surface area contributed by atoms with E-state index < -0.39 is 0 Å². The average Bonchev–Trinajstić information content (AvgIpc) is 2.45. The van der Waals surface area contributed by atoms with Crippen LogP contribution in [0.25, 0.3) is 0 Å². The van der Waals surface area contributed by atoms with E-state index in [0.717, 1.165) is 12.0 Å². The standard InChI is InChI=1S/C20H32O/c1-5-6-7-8-9-10-11-16-19(21)17-14-12-13-15-18(17)20(2,3)4/h12-15H,5-11,16H2,1-4H3. The molecule has 0 fully saturated rings. The SMILES string of the molecule is CCCCCCCCCC(=O)c1ccccc1C(C)(C)C. The summed E-state index contributed by atoms with van der Waals surface area (Å²) in [6, 6.07) is 8.10. The Morgan fingerprint density at radius 1 is 0.905 bits per heavy atom. The van der Waals surface area contributed by atoms with Crippen LogP contribution in [-0.4, -0.2) is 5.78 Å². The van der Waals surface area contributed by atoms with Crippen molar-refractivity contribution in [1.29, 1.82) is 0 Å². The molecule has 0 aliphatic heterocycles. The summed E-state index contributed by atoms with van der Waals surface area (Å²) in [7, 11) is 0. The van der Waals surface area contributed by atoms with Crippen LogP contribution in [0, 0.1) is 0 Å². The van der Waals surface area contributed by atoms with Crippen LogP contribution in [0.15, 0.2) is 24.3 Å². The van der Waals surface area contributed by atoms with Gasteiger partial charge in [0, 0.05) is 12.0 Å². The largest absolute Gasteiger partial charge is 0.294 e. The second-order valence-electron chi connectivity index (χ2n) is 7.09. The highest BCUT2D eigenvalue weighted by Gasteiger charge is 2.20. The number of rotatable bonds is 9. The Hall–Kier alpha value is -1.11. The molecule has 0 amide bonds. The van der Waals surface area contributed by atoms with Gasteiger partial charge in [-0.05, 0) is 17.4 Å². The van der Waals surface area contributed by atoms with Crippen LogP contribution in [0.3, 0.4) is 0 Å². The summed E-state index contributed by atoms with van der Waals surface area (Å²) >= 11 is 0. The fourth-order valence-corrected chi connectivity index (χ4v) is 2.76. The van der Waals surface area contributed by atoms with E-state index in [2.05, 4.69) is 33.8 Å². The molecule has 0 saturated carbocycles. The Morgan fingerprint density at radius 3 is 2.10 bits per heavy atom. The van der Waals surface area contributed by atoms with E-state index in [4.69, 9.17) is 0 Å². The number of hydrogen-bond donors (Lipinski definition) is 0. The van der Waals surface area contributed by atoms with Crippen molar-refractivity contribution in [3.63, 3.8) is 0 Å². The van der Waals surface area contributed by atoms with E-state index in [0.29, 0.717) is 12.2 Å². The highest BCUT2D eigenvalue weighted by Crippen LogP contribution is 2.27. The van der Waals surface area contributed by atoms with Gasteiger partial charge in [0.1, 0.15) is 0 Å². The molecule has 0 spiro atoms. The number of carbonyl (C=O) groups excluding carboxylic acids is 1. The zero-order valence-corrected chi connectivity index (χ0v) is 14.4. The van der Waals surface area contributed by atoms with E-state index in [-0.39, 0.29) is 5.41 Å². The number of benzene rings is 1. The van der Waals surface area contributed by atoms with Gasteiger partial charge >= 0.3 is 0 Å². The quantitative estimate of drug-likeness (QED) is 0.384. The second-order valence-corrected chi connectivity index (χ2v) is 7.09. The minimum absolute atomic E-state index is 0.0341. The third kappa shape index (κ3) is 6.46. The molecule has 0 N–H and O–H groups in total. The van der Waals surface area contributed by atoms with E-state index in [1.165, 1.54) is 44.1 Å². The third-order valence-corrected chi connectivity index (χ3v) is 4.04. The van der Waals surface area contributed by atoms with E-state index in [9.17, 15) is 4.79 Å². The van der Waals surface area contributed by atoms with Crippen molar-refractivity contribution in [3.8, 4) is 0 Å². The molecule has 0 unspecified atom stereocenters. The van der Waals surface area contributed by atoms with Crippen LogP contribution in [-0.2, 0) is 5.41 Å². The molecule has 0 saturated heterocycles. The maximum Gasteiger partial charge on any atom is 0.163 e. The van der Waals surface area contributed by atoms with Gasteiger partial charge in [-0.1, -0.05) is 90.5 Å². The first-order valence-corrected chi connectivity index (χ1v) is 8.59. The molecule has 0 aliphatic carbocycles. The second kappa shape index (κ2) is 9.02. The molecule has 0 aliphatic rings. The molecule has 0 bridgehead atoms. The monoisotopic (exact) mass is 288 g/mol. The van der Waals surface area contributed by atoms with Gasteiger partial charge in [-0.25, -0.2) is 0 Å². The molecule has 1 aromatic carbocycles. The van der Waals surface area contributed by atoms with Gasteiger partial charge in [-0.15, -0.1) is 0 Å². The molecule has 21 heavy (non-hydrogen) atoms. The topological polar surface area (TPSA) is 17.1 Å². The molecular weight excluding hydrogens is 256 g/mol. The molecule has 1 nitrogen and oxygen atoms in total. The molecule has 0 aromatic heterocycles. The van der Waals surface area contributed by atoms with Gasteiger partial charge in [0.15, 0.2) is 5.78 Å². The molecule has 0 radical (unpaired) electrons. The zero-order valence-electron chi connectivity index (χ0n) is 14.4. The maximum absolute atomic E-state index is 12.4. The van der Waals surface area contributed by atoms with Crippen molar-refractivity contribution in [1.82, 2.24) is 0 Å². The first-order chi connectivity index (χ1) is 9.96. The zero-order chi connectivity index (χ0) is 15.7. The van der Waals surface area contributed by atoms with Crippen molar-refractivity contribution >= 4 is 5.78 Å². The van der Waals surface area contributed by atoms with Crippen LogP contribution in [0.5, 0.6) is 0 Å². The van der Waals surface area contributed by atoms with Gasteiger partial charge < -0.3 is 0 Å². The molecule has 1 rings (SSSR count). The number of hydrogen-bond acceptors (Lipinski definition) is 1. The fraction of sp³-hybridized carbons (Fsp3) is 0.650. The van der Waals surface area contributed by atoms with E-state index >= 15 is 0 Å². The molecule has 118 valence electrons. The van der Waals surface area contributed by atoms with Crippen LogP contribution in [0.4, 0.5) is 0 Å². The summed E-state index contributed by atoms with van der Waals surface area (Å²) in [5, 5.41) is 0. The predicted octanol–water partition coefficient (Wildman–Crippen LogP) is 6.31. The van der Waals surface area contributed by atoms with Crippen LogP contribution in [0.2, 0.25) is 0 Å². The highest BCUT2D eigenvalue weighted by molar-refractivity contribution is 5.97. The summed E-state index contributed by atoms with van der Waals surface area (Å²) in [6.07, 6.45) is 9.49. The van der Waals surface area contributed by atoms with Crippen LogP contribution >= 0.6 is 0 Å². The molecular formula is C20H32O. The molecule has 1 heteroatoms. The van der Waals surface area contributed by atoms with Gasteiger partial charge in [-0.3, -0.25) is 4.79 Å². The van der Waals surface area contributed by atoms with Crippen molar-refractivity contribution in [2.24, 2.45) is 0 Å². The van der Waals surface area contributed by atoms with E-state index in [1.54, 1.807) is 0 Å². The van der Waals surface area contributed by atoms with Gasteiger partial charge in [-0.2, -0.15) is 0 Å². The Morgan fingerprint density at radius 2 is 1.48 bits per heavy atom. The number of ketones is 1. The first kappa shape index (κ1) is 17.9. The Bertz CT molecular complexity index is 426. The minimum atomic E-state index is 0.0341. The summed E-state index contributed by atoms with van der Waals surface area (Å²) in [6.45, 7) is 8.76. The number of Topliss-reactive ketones (excluding diaryl/α,β-unsaturated/α-hetero) is 1. The molecule has 1 aromatic rings. The first-order valence-electron chi connectivity index (χ1n) is 8.59. The van der Waals surface area contributed by atoms with Gasteiger partial charge in [0.25, 0.3) is 0 Å². The lowest BCUT2D eigenvalue weighted by Crippen LogP contribution is -2.16. The predicted molar refractivity (Wildman–Crippen MR) is 92.1 cm³/mol. The number of carbonyl (C=O) groups is 1. The van der Waals surface area contributed by atoms with Crippen molar-refractivity contribution < 1.29 is 4.79 Å². The number of unbranched alkanes of at least 4 members (excludes halogenated alkanes) is 6. The van der Waals surface area contributed by atoms with Crippen LogP contribution < -0.4 is 0 Å². The fourth-order valence-electron chi connectivity index (χ4n) is 2.76. The van der Waals surface area contributed by atoms with E-state index in [1.807, 2.05) is 18.2 Å². The highest BCUT2D eigenvalue weighted by atomic mass is 16.1. The minimum Gasteiger partial charge on any atom is -0.294 e. The van der Waals surface area contributed by atoms with Gasteiger partial charge in [0.05, 0.1) is 0 Å². The normalized spacial score (nSPS) is 11.6. The third-order valence-electron chi connectivity index (χ3n) is 4.04. The Labute approximate surface area is 131 Å².